The number of hydrogen-bond acceptors (Lipinski definition) is 5. The normalized spacial score (nSPS) is 18.9. The molecule has 7 nitrogen and oxygen atoms in total. The minimum absolute atomic E-state index is 0.153. The second-order valence-electron chi connectivity index (χ2n) is 7.45. The summed E-state index contributed by atoms with van der Waals surface area (Å²) in [6.07, 6.45) is 5.98. The van der Waals surface area contributed by atoms with Gasteiger partial charge in [0.15, 0.2) is 5.13 Å². The lowest BCUT2D eigenvalue weighted by Gasteiger charge is -2.13. The highest BCUT2D eigenvalue weighted by atomic mass is 32.1. The molecule has 29 heavy (non-hydrogen) atoms. The van der Waals surface area contributed by atoms with Gasteiger partial charge in [-0.05, 0) is 37.7 Å². The molecule has 2 aliphatic rings. The molecule has 8 heteroatoms. The van der Waals surface area contributed by atoms with Gasteiger partial charge in [-0.3, -0.25) is 14.5 Å². The van der Waals surface area contributed by atoms with Crippen molar-refractivity contribution in [2.75, 3.05) is 5.32 Å². The minimum atomic E-state index is -0.662. The number of anilines is 1. The molecule has 0 saturated carbocycles. The number of amides is 4. The molecule has 0 radical (unpaired) electrons. The minimum Gasteiger partial charge on any atom is -0.326 e. The summed E-state index contributed by atoms with van der Waals surface area (Å²) in [4.78, 5) is 44.1. The molecule has 1 aromatic carbocycles. The Bertz CT molecular complexity index is 888. The molecule has 1 aliphatic carbocycles. The van der Waals surface area contributed by atoms with Crippen molar-refractivity contribution in [1.82, 2.24) is 15.2 Å². The van der Waals surface area contributed by atoms with Crippen LogP contribution < -0.4 is 10.6 Å². The molecule has 4 amide bonds. The van der Waals surface area contributed by atoms with E-state index in [9.17, 15) is 14.4 Å². The molecule has 0 unspecified atom stereocenters. The van der Waals surface area contributed by atoms with E-state index in [1.54, 1.807) is 11.3 Å². The molecule has 1 saturated heterocycles. The van der Waals surface area contributed by atoms with Gasteiger partial charge in [-0.15, -0.1) is 11.3 Å². The Labute approximate surface area is 173 Å². The largest absolute Gasteiger partial charge is 0.326 e. The first kappa shape index (κ1) is 19.6. The fourth-order valence-corrected chi connectivity index (χ4v) is 4.79. The lowest BCUT2D eigenvalue weighted by atomic mass is 10.1. The number of urea groups is 1. The maximum Gasteiger partial charge on any atom is 0.325 e. The van der Waals surface area contributed by atoms with Gasteiger partial charge >= 0.3 is 6.03 Å². The van der Waals surface area contributed by atoms with Gasteiger partial charge in [0.1, 0.15) is 6.04 Å². The summed E-state index contributed by atoms with van der Waals surface area (Å²) < 4.78 is 0. The van der Waals surface area contributed by atoms with E-state index in [1.165, 1.54) is 22.6 Å². The van der Waals surface area contributed by atoms with E-state index < -0.39 is 12.1 Å². The summed E-state index contributed by atoms with van der Waals surface area (Å²) in [7, 11) is 0. The topological polar surface area (TPSA) is 91.4 Å². The number of thiazole rings is 1. The van der Waals surface area contributed by atoms with E-state index >= 15 is 0 Å². The van der Waals surface area contributed by atoms with Crippen LogP contribution in [0.3, 0.4) is 0 Å². The molecule has 1 atom stereocenters. The molecule has 2 aromatic rings. The Morgan fingerprint density at radius 1 is 1.17 bits per heavy atom. The third kappa shape index (κ3) is 4.64. The summed E-state index contributed by atoms with van der Waals surface area (Å²) >= 11 is 1.55. The van der Waals surface area contributed by atoms with Crippen molar-refractivity contribution in [2.45, 2.75) is 57.5 Å². The number of nitrogens with zero attached hydrogens (tertiary/aromatic N) is 2. The zero-order chi connectivity index (χ0) is 20.2. The van der Waals surface area contributed by atoms with E-state index in [0.29, 0.717) is 5.13 Å². The second kappa shape index (κ2) is 8.73. The predicted molar refractivity (Wildman–Crippen MR) is 111 cm³/mol. The molecule has 1 aliphatic heterocycles. The maximum atomic E-state index is 12.6. The summed E-state index contributed by atoms with van der Waals surface area (Å²) in [5.74, 6) is -0.468. The van der Waals surface area contributed by atoms with Crippen LogP contribution in [0, 0.1) is 0 Å². The van der Waals surface area contributed by atoms with Crippen LogP contribution in [0.1, 0.15) is 48.2 Å². The molecule has 152 valence electrons. The standard InChI is InChI=1S/C21H24N4O3S/c26-18(24-20-22-15-9-5-2-6-10-17(15)29-20)12-11-16-19(27)25(21(28)23-16)13-14-7-3-1-4-8-14/h1,3-4,7-8,16H,2,5-6,9-13H2,(H,23,28)(H,22,24,26)/t16-/m1/s1. The molecule has 1 aromatic heterocycles. The van der Waals surface area contributed by atoms with Crippen molar-refractivity contribution in [1.29, 1.82) is 0 Å². The van der Waals surface area contributed by atoms with Gasteiger partial charge in [-0.2, -0.15) is 0 Å². The number of fused-ring (bicyclic) bond motifs is 1. The SMILES string of the molecule is O=C(CC[C@H]1NC(=O)N(Cc2ccccc2)C1=O)Nc1nc2c(s1)CCCCC2. The van der Waals surface area contributed by atoms with Crippen LogP contribution in [0.2, 0.25) is 0 Å². The van der Waals surface area contributed by atoms with Crippen molar-refractivity contribution in [2.24, 2.45) is 0 Å². The van der Waals surface area contributed by atoms with Crippen molar-refractivity contribution >= 4 is 34.3 Å². The lowest BCUT2D eigenvalue weighted by molar-refractivity contribution is -0.128. The number of aromatic nitrogens is 1. The van der Waals surface area contributed by atoms with Crippen LogP contribution in [-0.4, -0.2) is 33.8 Å². The number of aryl methyl sites for hydroxylation is 2. The Hall–Kier alpha value is -2.74. The van der Waals surface area contributed by atoms with E-state index in [-0.39, 0.29) is 31.2 Å². The van der Waals surface area contributed by atoms with E-state index in [4.69, 9.17) is 0 Å². The summed E-state index contributed by atoms with van der Waals surface area (Å²) in [6, 6.07) is 8.30. The molecular formula is C21H24N4O3S. The monoisotopic (exact) mass is 412 g/mol. The fraction of sp³-hybridized carbons (Fsp3) is 0.429. The lowest BCUT2D eigenvalue weighted by Crippen LogP contribution is -2.31. The van der Waals surface area contributed by atoms with Crippen molar-refractivity contribution in [3.63, 3.8) is 0 Å². The number of carbonyl (C=O) groups is 3. The zero-order valence-corrected chi connectivity index (χ0v) is 17.0. The van der Waals surface area contributed by atoms with Gasteiger partial charge < -0.3 is 10.6 Å². The van der Waals surface area contributed by atoms with Crippen molar-refractivity contribution in [3.8, 4) is 0 Å². The maximum absolute atomic E-state index is 12.6. The Kier molecular flexibility index (Phi) is 5.89. The van der Waals surface area contributed by atoms with Crippen LogP contribution in [0.5, 0.6) is 0 Å². The average molecular weight is 413 g/mol. The van der Waals surface area contributed by atoms with Gasteiger partial charge in [0.25, 0.3) is 5.91 Å². The molecule has 0 spiro atoms. The number of benzene rings is 1. The van der Waals surface area contributed by atoms with Crippen LogP contribution in [0.4, 0.5) is 9.93 Å². The second-order valence-corrected chi connectivity index (χ2v) is 8.53. The van der Waals surface area contributed by atoms with Gasteiger partial charge in [0.05, 0.1) is 12.2 Å². The van der Waals surface area contributed by atoms with Crippen molar-refractivity contribution in [3.05, 3.63) is 46.5 Å². The van der Waals surface area contributed by atoms with E-state index in [1.807, 2.05) is 30.3 Å². The van der Waals surface area contributed by atoms with Gasteiger partial charge in [0.2, 0.25) is 5.91 Å². The number of rotatable bonds is 6. The molecule has 1 fully saturated rings. The Balaban J connectivity index is 1.29. The number of hydrogen-bond donors (Lipinski definition) is 2. The average Bonchev–Trinajstić information content (AvgIpc) is 3.12. The third-order valence-electron chi connectivity index (χ3n) is 5.29. The first-order chi connectivity index (χ1) is 14.1. The van der Waals surface area contributed by atoms with Gasteiger partial charge in [-0.25, -0.2) is 9.78 Å². The quantitative estimate of drug-likeness (QED) is 0.563. The number of imide groups is 1. The highest BCUT2D eigenvalue weighted by Gasteiger charge is 2.37. The van der Waals surface area contributed by atoms with E-state index in [2.05, 4.69) is 15.6 Å². The van der Waals surface area contributed by atoms with Crippen LogP contribution in [-0.2, 0) is 29.0 Å². The fourth-order valence-electron chi connectivity index (χ4n) is 3.73. The first-order valence-electron chi connectivity index (χ1n) is 10.0. The summed E-state index contributed by atoms with van der Waals surface area (Å²) in [5, 5.41) is 6.17. The Morgan fingerprint density at radius 3 is 2.79 bits per heavy atom. The summed E-state index contributed by atoms with van der Waals surface area (Å²) in [5.41, 5.74) is 2.00. The van der Waals surface area contributed by atoms with Gasteiger partial charge in [0, 0.05) is 11.3 Å². The highest BCUT2D eigenvalue weighted by molar-refractivity contribution is 7.15. The molecule has 0 bridgehead atoms. The molecule has 2 N–H and O–H groups in total. The van der Waals surface area contributed by atoms with Crippen LogP contribution in [0.15, 0.2) is 30.3 Å². The van der Waals surface area contributed by atoms with Crippen LogP contribution >= 0.6 is 11.3 Å². The smallest absolute Gasteiger partial charge is 0.325 e. The third-order valence-corrected chi connectivity index (χ3v) is 6.37. The van der Waals surface area contributed by atoms with Crippen LogP contribution in [0.25, 0.3) is 0 Å². The first-order valence-corrected chi connectivity index (χ1v) is 10.9. The Morgan fingerprint density at radius 2 is 1.97 bits per heavy atom. The van der Waals surface area contributed by atoms with Gasteiger partial charge in [-0.1, -0.05) is 36.8 Å². The zero-order valence-electron chi connectivity index (χ0n) is 16.1. The van der Waals surface area contributed by atoms with E-state index in [0.717, 1.165) is 30.5 Å². The molecule has 2 heterocycles. The highest BCUT2D eigenvalue weighted by Crippen LogP contribution is 2.29. The number of carbonyl (C=O) groups excluding carboxylic acids is 3. The van der Waals surface area contributed by atoms with Crippen molar-refractivity contribution < 1.29 is 14.4 Å². The molecule has 4 rings (SSSR count). The summed E-state index contributed by atoms with van der Waals surface area (Å²) in [6.45, 7) is 0.235. The molecular weight excluding hydrogens is 388 g/mol. The predicted octanol–water partition coefficient (Wildman–Crippen LogP) is 3.25. The number of nitrogens with one attached hydrogen (secondary N) is 2.